The van der Waals surface area contributed by atoms with Crippen LogP contribution in [0.2, 0.25) is 0 Å². The van der Waals surface area contributed by atoms with Gasteiger partial charge in [0.05, 0.1) is 22.6 Å². The third-order valence-corrected chi connectivity index (χ3v) is 4.25. The van der Waals surface area contributed by atoms with Gasteiger partial charge in [-0.2, -0.15) is 0 Å². The maximum absolute atomic E-state index is 13.3. The highest BCUT2D eigenvalue weighted by atomic mass is 19.1. The van der Waals surface area contributed by atoms with Gasteiger partial charge in [-0.1, -0.05) is 25.5 Å². The Bertz CT molecular complexity index is 918. The van der Waals surface area contributed by atoms with Crippen molar-refractivity contribution in [2.45, 2.75) is 32.7 Å². The lowest BCUT2D eigenvalue weighted by Crippen LogP contribution is -2.30. The number of rotatable bonds is 6. The van der Waals surface area contributed by atoms with Crippen LogP contribution in [0.5, 0.6) is 0 Å². The number of nitrogens with one attached hydrogen (secondary N) is 1. The van der Waals surface area contributed by atoms with E-state index in [1.165, 1.54) is 12.1 Å². The zero-order chi connectivity index (χ0) is 17.8. The van der Waals surface area contributed by atoms with E-state index in [0.717, 1.165) is 19.4 Å². The minimum absolute atomic E-state index is 0.103. The van der Waals surface area contributed by atoms with Gasteiger partial charge < -0.3 is 5.32 Å². The van der Waals surface area contributed by atoms with Crippen LogP contribution in [0.15, 0.2) is 53.3 Å². The molecule has 2 aromatic carbocycles. The number of aromatic nitrogens is 2. The maximum atomic E-state index is 13.3. The summed E-state index contributed by atoms with van der Waals surface area (Å²) in [6.45, 7) is 4.98. The summed E-state index contributed by atoms with van der Waals surface area (Å²) in [5, 5.41) is 3.97. The SMILES string of the molecule is CCCCN[C@H](C)c1nc2ccccc2c(=O)n1-c1ccc(F)cc1. The fourth-order valence-corrected chi connectivity index (χ4v) is 2.87. The molecule has 0 aliphatic heterocycles. The van der Waals surface area contributed by atoms with Crippen molar-refractivity contribution in [3.05, 3.63) is 70.5 Å². The molecule has 1 N–H and O–H groups in total. The first-order valence-electron chi connectivity index (χ1n) is 8.63. The summed E-state index contributed by atoms with van der Waals surface area (Å²) in [5.41, 5.74) is 1.14. The van der Waals surface area contributed by atoms with Crippen molar-refractivity contribution in [1.82, 2.24) is 14.9 Å². The van der Waals surface area contributed by atoms with Gasteiger partial charge in [0.15, 0.2) is 0 Å². The van der Waals surface area contributed by atoms with Crippen LogP contribution in [0, 0.1) is 5.82 Å². The van der Waals surface area contributed by atoms with Gasteiger partial charge in [0.2, 0.25) is 0 Å². The van der Waals surface area contributed by atoms with Crippen molar-refractivity contribution in [2.75, 3.05) is 6.54 Å². The number of nitrogens with zero attached hydrogens (tertiary/aromatic N) is 2. The molecular weight excluding hydrogens is 317 g/mol. The first-order valence-corrected chi connectivity index (χ1v) is 8.63. The Hall–Kier alpha value is -2.53. The fourth-order valence-electron chi connectivity index (χ4n) is 2.87. The molecule has 130 valence electrons. The van der Waals surface area contributed by atoms with Gasteiger partial charge in [-0.05, 0) is 56.3 Å². The van der Waals surface area contributed by atoms with E-state index in [2.05, 4.69) is 12.2 Å². The van der Waals surface area contributed by atoms with Crippen LogP contribution in [-0.4, -0.2) is 16.1 Å². The molecule has 25 heavy (non-hydrogen) atoms. The summed E-state index contributed by atoms with van der Waals surface area (Å²) in [6, 6.07) is 13.1. The van der Waals surface area contributed by atoms with Crippen LogP contribution >= 0.6 is 0 Å². The molecule has 0 saturated heterocycles. The van der Waals surface area contributed by atoms with Crippen molar-refractivity contribution >= 4 is 10.9 Å². The van der Waals surface area contributed by atoms with Crippen LogP contribution in [0.3, 0.4) is 0 Å². The lowest BCUT2D eigenvalue weighted by atomic mass is 10.2. The molecule has 1 heterocycles. The van der Waals surface area contributed by atoms with Crippen molar-refractivity contribution in [2.24, 2.45) is 0 Å². The number of halogens is 1. The predicted molar refractivity (Wildman–Crippen MR) is 98.6 cm³/mol. The van der Waals surface area contributed by atoms with Crippen LogP contribution in [0.4, 0.5) is 4.39 Å². The Morgan fingerprint density at radius 2 is 1.88 bits per heavy atom. The lowest BCUT2D eigenvalue weighted by Gasteiger charge is -2.19. The highest BCUT2D eigenvalue weighted by Crippen LogP contribution is 2.18. The molecule has 0 fully saturated rings. The Morgan fingerprint density at radius 1 is 1.16 bits per heavy atom. The summed E-state index contributed by atoms with van der Waals surface area (Å²) in [4.78, 5) is 17.8. The Kier molecular flexibility index (Phi) is 5.24. The van der Waals surface area contributed by atoms with E-state index < -0.39 is 0 Å². The van der Waals surface area contributed by atoms with E-state index in [1.54, 1.807) is 22.8 Å². The Labute approximate surface area is 146 Å². The van der Waals surface area contributed by atoms with Gasteiger partial charge in [0.25, 0.3) is 5.56 Å². The average molecular weight is 339 g/mol. The minimum Gasteiger partial charge on any atom is -0.308 e. The average Bonchev–Trinajstić information content (AvgIpc) is 2.63. The second-order valence-electron chi connectivity index (χ2n) is 6.13. The summed E-state index contributed by atoms with van der Waals surface area (Å²) in [6.07, 6.45) is 2.15. The molecule has 3 aromatic rings. The fraction of sp³-hybridized carbons (Fsp3) is 0.300. The zero-order valence-electron chi connectivity index (χ0n) is 14.5. The molecule has 4 nitrogen and oxygen atoms in total. The predicted octanol–water partition coefficient (Wildman–Crippen LogP) is 3.98. The van der Waals surface area contributed by atoms with Gasteiger partial charge in [-0.3, -0.25) is 9.36 Å². The number of hydrogen-bond acceptors (Lipinski definition) is 3. The molecular formula is C20H22FN3O. The molecule has 1 atom stereocenters. The van der Waals surface area contributed by atoms with Gasteiger partial charge in [0, 0.05) is 0 Å². The van der Waals surface area contributed by atoms with Gasteiger partial charge in [0.1, 0.15) is 11.6 Å². The molecule has 5 heteroatoms. The van der Waals surface area contributed by atoms with Crippen molar-refractivity contribution < 1.29 is 4.39 Å². The first-order chi connectivity index (χ1) is 12.1. The van der Waals surface area contributed by atoms with Crippen molar-refractivity contribution in [3.8, 4) is 5.69 Å². The molecule has 0 saturated carbocycles. The zero-order valence-corrected chi connectivity index (χ0v) is 14.5. The Balaban J connectivity index is 2.17. The van der Waals surface area contributed by atoms with Gasteiger partial charge >= 0.3 is 0 Å². The van der Waals surface area contributed by atoms with Crippen LogP contribution < -0.4 is 10.9 Å². The topological polar surface area (TPSA) is 46.9 Å². The number of para-hydroxylation sites is 1. The van der Waals surface area contributed by atoms with Crippen molar-refractivity contribution in [1.29, 1.82) is 0 Å². The minimum atomic E-state index is -0.332. The molecule has 0 amide bonds. The van der Waals surface area contributed by atoms with E-state index in [-0.39, 0.29) is 17.4 Å². The summed E-state index contributed by atoms with van der Waals surface area (Å²) < 4.78 is 14.9. The standard InChI is InChI=1S/C20H22FN3O/c1-3-4-13-22-14(2)19-23-18-8-6-5-7-17(18)20(25)24(19)16-11-9-15(21)10-12-16/h5-12,14,22H,3-4,13H2,1-2H3/t14-/m1/s1. The second kappa shape index (κ2) is 7.57. The number of unbranched alkanes of at least 4 members (excludes halogenated alkanes) is 1. The number of hydrogen-bond donors (Lipinski definition) is 1. The molecule has 1 aromatic heterocycles. The van der Waals surface area contributed by atoms with E-state index in [0.29, 0.717) is 22.4 Å². The van der Waals surface area contributed by atoms with Crippen molar-refractivity contribution in [3.63, 3.8) is 0 Å². The molecule has 0 bridgehead atoms. The molecule has 0 aliphatic carbocycles. The first kappa shape index (κ1) is 17.3. The smallest absolute Gasteiger partial charge is 0.266 e. The molecule has 0 aliphatic rings. The maximum Gasteiger partial charge on any atom is 0.266 e. The number of fused-ring (bicyclic) bond motifs is 1. The highest BCUT2D eigenvalue weighted by molar-refractivity contribution is 5.77. The largest absolute Gasteiger partial charge is 0.308 e. The normalized spacial score (nSPS) is 12.4. The van der Waals surface area contributed by atoms with E-state index >= 15 is 0 Å². The van der Waals surface area contributed by atoms with Gasteiger partial charge in [-0.15, -0.1) is 0 Å². The van der Waals surface area contributed by atoms with Crippen LogP contribution in [-0.2, 0) is 0 Å². The molecule has 0 radical (unpaired) electrons. The lowest BCUT2D eigenvalue weighted by molar-refractivity contribution is 0.520. The molecule has 0 unspecified atom stereocenters. The highest BCUT2D eigenvalue weighted by Gasteiger charge is 2.17. The summed E-state index contributed by atoms with van der Waals surface area (Å²) >= 11 is 0. The third-order valence-electron chi connectivity index (χ3n) is 4.25. The van der Waals surface area contributed by atoms with Crippen LogP contribution in [0.25, 0.3) is 16.6 Å². The van der Waals surface area contributed by atoms with Crippen LogP contribution in [0.1, 0.15) is 38.6 Å². The van der Waals surface area contributed by atoms with E-state index in [1.807, 2.05) is 25.1 Å². The summed E-state index contributed by atoms with van der Waals surface area (Å²) in [7, 11) is 0. The quantitative estimate of drug-likeness (QED) is 0.691. The third kappa shape index (κ3) is 3.61. The number of benzene rings is 2. The van der Waals surface area contributed by atoms with Gasteiger partial charge in [-0.25, -0.2) is 9.37 Å². The summed E-state index contributed by atoms with van der Waals surface area (Å²) in [5.74, 6) is 0.299. The molecule has 3 rings (SSSR count). The van der Waals surface area contributed by atoms with E-state index in [9.17, 15) is 9.18 Å². The van der Waals surface area contributed by atoms with E-state index in [4.69, 9.17) is 4.98 Å². The molecule has 0 spiro atoms. The monoisotopic (exact) mass is 339 g/mol. The Morgan fingerprint density at radius 3 is 2.60 bits per heavy atom. The second-order valence-corrected chi connectivity index (χ2v) is 6.13.